The van der Waals surface area contributed by atoms with Gasteiger partial charge >= 0.3 is 0 Å². The van der Waals surface area contributed by atoms with Crippen LogP contribution in [0.2, 0.25) is 0 Å². The molecule has 0 aliphatic carbocycles. The minimum absolute atomic E-state index is 0.881. The molecule has 3 aromatic rings. The molecular weight excluding hydrogens is 248 g/mol. The highest BCUT2D eigenvalue weighted by Crippen LogP contribution is 2.17. The van der Waals surface area contributed by atoms with Crippen LogP contribution in [0.1, 0.15) is 17.0 Å². The van der Waals surface area contributed by atoms with Crippen LogP contribution in [0.5, 0.6) is 0 Å². The quantitative estimate of drug-likeness (QED) is 0.502. The largest absolute Gasteiger partial charge is 0.342 e. The van der Waals surface area contributed by atoms with E-state index in [9.17, 15) is 0 Å². The van der Waals surface area contributed by atoms with E-state index in [1.54, 1.807) is 0 Å². The summed E-state index contributed by atoms with van der Waals surface area (Å²) in [6.07, 6.45) is 1.89. The Hall–Kier alpha value is -2.33. The summed E-state index contributed by atoms with van der Waals surface area (Å²) in [7, 11) is 0. The first-order valence-corrected chi connectivity index (χ1v) is 6.75. The lowest BCUT2D eigenvalue weighted by molar-refractivity contribution is 0.889. The monoisotopic (exact) mass is 266 g/mol. The first-order valence-electron chi connectivity index (χ1n) is 6.75. The van der Waals surface area contributed by atoms with E-state index < -0.39 is 0 Å². The first kappa shape index (κ1) is 12.7. The second kappa shape index (κ2) is 5.35. The number of nitrogens with zero attached hydrogens (tertiary/aromatic N) is 1. The zero-order valence-corrected chi connectivity index (χ0v) is 11.5. The fourth-order valence-electron chi connectivity index (χ4n) is 2.29. The number of fused-ring (bicyclic) bond motifs is 1. The molecule has 4 nitrogen and oxygen atoms in total. The number of aromatic amines is 1. The third-order valence-electron chi connectivity index (χ3n) is 3.47. The zero-order chi connectivity index (χ0) is 13.9. The highest BCUT2D eigenvalue weighted by atomic mass is 15.2. The number of rotatable bonds is 4. The molecule has 20 heavy (non-hydrogen) atoms. The van der Waals surface area contributed by atoms with E-state index >= 15 is 0 Å². The molecule has 102 valence electrons. The summed E-state index contributed by atoms with van der Waals surface area (Å²) in [6, 6.07) is 14.5. The molecule has 4 N–H and O–H groups in total. The Morgan fingerprint density at radius 3 is 2.65 bits per heavy atom. The molecule has 0 bridgehead atoms. The summed E-state index contributed by atoms with van der Waals surface area (Å²) in [6.45, 7) is 2.10. The number of nitrogen functional groups attached to an aromatic ring is 1. The van der Waals surface area contributed by atoms with Gasteiger partial charge < -0.3 is 10.4 Å². The molecule has 1 aromatic heterocycles. The van der Waals surface area contributed by atoms with Gasteiger partial charge in [-0.3, -0.25) is 5.84 Å². The zero-order valence-electron chi connectivity index (χ0n) is 11.5. The molecule has 1 heterocycles. The average Bonchev–Trinajstić information content (AvgIpc) is 2.88. The molecular formula is C16H18N4. The Kier molecular flexibility index (Phi) is 3.39. The summed E-state index contributed by atoms with van der Waals surface area (Å²) in [5.74, 6) is 6.42. The number of anilines is 1. The van der Waals surface area contributed by atoms with Crippen molar-refractivity contribution in [3.05, 3.63) is 59.4 Å². The van der Waals surface area contributed by atoms with E-state index in [1.165, 1.54) is 11.1 Å². The Bertz CT molecular complexity index is 713. The Morgan fingerprint density at radius 1 is 1.10 bits per heavy atom. The van der Waals surface area contributed by atoms with Crippen LogP contribution in [-0.4, -0.2) is 9.97 Å². The van der Waals surface area contributed by atoms with Gasteiger partial charge in [-0.25, -0.2) is 4.98 Å². The summed E-state index contributed by atoms with van der Waals surface area (Å²) in [4.78, 5) is 7.94. The van der Waals surface area contributed by atoms with Crippen molar-refractivity contribution in [2.45, 2.75) is 19.8 Å². The number of imidazole rings is 1. The van der Waals surface area contributed by atoms with Gasteiger partial charge in [0.05, 0.1) is 16.7 Å². The van der Waals surface area contributed by atoms with Crippen molar-refractivity contribution in [2.75, 3.05) is 5.43 Å². The highest BCUT2D eigenvalue weighted by Gasteiger charge is 2.04. The van der Waals surface area contributed by atoms with Crippen molar-refractivity contribution < 1.29 is 0 Å². The van der Waals surface area contributed by atoms with Crippen LogP contribution < -0.4 is 11.3 Å². The average molecular weight is 266 g/mol. The van der Waals surface area contributed by atoms with Crippen molar-refractivity contribution in [3.8, 4) is 0 Å². The van der Waals surface area contributed by atoms with Crippen molar-refractivity contribution in [3.63, 3.8) is 0 Å². The first-order chi connectivity index (χ1) is 9.74. The summed E-state index contributed by atoms with van der Waals surface area (Å²) < 4.78 is 0. The Labute approximate surface area is 118 Å². The molecule has 0 radical (unpaired) electrons. The molecule has 0 amide bonds. The van der Waals surface area contributed by atoms with Gasteiger partial charge in [-0.05, 0) is 37.1 Å². The standard InChI is InChI=1S/C16H18N4/c1-11-2-4-12(5-3-11)6-9-16-18-14-8-7-13(20-17)10-15(14)19-16/h2-5,7-8,10,20H,6,9,17H2,1H3,(H,18,19). The van der Waals surface area contributed by atoms with Crippen molar-refractivity contribution in [2.24, 2.45) is 5.84 Å². The van der Waals surface area contributed by atoms with Crippen LogP contribution in [-0.2, 0) is 12.8 Å². The third-order valence-corrected chi connectivity index (χ3v) is 3.47. The minimum atomic E-state index is 0.881. The molecule has 3 rings (SSSR count). The molecule has 0 spiro atoms. The lowest BCUT2D eigenvalue weighted by Gasteiger charge is -2.00. The third kappa shape index (κ3) is 2.65. The van der Waals surface area contributed by atoms with Gasteiger partial charge in [-0.2, -0.15) is 0 Å². The van der Waals surface area contributed by atoms with Crippen molar-refractivity contribution >= 4 is 16.7 Å². The minimum Gasteiger partial charge on any atom is -0.342 e. The van der Waals surface area contributed by atoms with E-state index in [4.69, 9.17) is 5.84 Å². The van der Waals surface area contributed by atoms with Crippen LogP contribution in [0.15, 0.2) is 42.5 Å². The molecule has 0 aliphatic heterocycles. The number of benzene rings is 2. The summed E-state index contributed by atoms with van der Waals surface area (Å²) in [5, 5.41) is 0. The number of hydrazine groups is 1. The molecule has 0 unspecified atom stereocenters. The predicted octanol–water partition coefficient (Wildman–Crippen LogP) is 2.94. The van der Waals surface area contributed by atoms with Gasteiger partial charge in [0.1, 0.15) is 5.82 Å². The Morgan fingerprint density at radius 2 is 1.90 bits per heavy atom. The number of H-pyrrole nitrogens is 1. The topological polar surface area (TPSA) is 66.7 Å². The fraction of sp³-hybridized carbons (Fsp3) is 0.188. The van der Waals surface area contributed by atoms with E-state index in [0.29, 0.717) is 0 Å². The SMILES string of the molecule is Cc1ccc(CCc2nc3ccc(NN)cc3[nH]2)cc1. The van der Waals surface area contributed by atoms with Gasteiger partial charge in [-0.1, -0.05) is 29.8 Å². The fourth-order valence-corrected chi connectivity index (χ4v) is 2.29. The van der Waals surface area contributed by atoms with Crippen LogP contribution in [0.4, 0.5) is 5.69 Å². The molecule has 0 aliphatic rings. The van der Waals surface area contributed by atoms with Crippen LogP contribution in [0.25, 0.3) is 11.0 Å². The van der Waals surface area contributed by atoms with E-state index in [0.717, 1.165) is 35.4 Å². The molecule has 4 heteroatoms. The van der Waals surface area contributed by atoms with E-state index in [2.05, 4.69) is 46.6 Å². The van der Waals surface area contributed by atoms with Gasteiger partial charge in [0, 0.05) is 6.42 Å². The number of aryl methyl sites for hydroxylation is 3. The summed E-state index contributed by atoms with van der Waals surface area (Å²) >= 11 is 0. The Balaban J connectivity index is 1.75. The van der Waals surface area contributed by atoms with Crippen LogP contribution in [0.3, 0.4) is 0 Å². The smallest absolute Gasteiger partial charge is 0.107 e. The number of hydrogen-bond acceptors (Lipinski definition) is 3. The number of aromatic nitrogens is 2. The van der Waals surface area contributed by atoms with Gasteiger partial charge in [0.2, 0.25) is 0 Å². The van der Waals surface area contributed by atoms with Gasteiger partial charge in [0.15, 0.2) is 0 Å². The van der Waals surface area contributed by atoms with Crippen molar-refractivity contribution in [1.82, 2.24) is 9.97 Å². The maximum absolute atomic E-state index is 5.41. The molecule has 0 saturated heterocycles. The highest BCUT2D eigenvalue weighted by molar-refractivity contribution is 5.79. The molecule has 0 saturated carbocycles. The number of nitrogens with one attached hydrogen (secondary N) is 2. The van der Waals surface area contributed by atoms with Gasteiger partial charge in [-0.15, -0.1) is 0 Å². The predicted molar refractivity (Wildman–Crippen MR) is 82.5 cm³/mol. The summed E-state index contributed by atoms with van der Waals surface area (Å²) in [5.41, 5.74) is 8.14. The molecule has 0 fully saturated rings. The van der Waals surface area contributed by atoms with Crippen LogP contribution in [0, 0.1) is 6.92 Å². The number of nitrogens with two attached hydrogens (primary N) is 1. The van der Waals surface area contributed by atoms with E-state index in [-0.39, 0.29) is 0 Å². The lowest BCUT2D eigenvalue weighted by Crippen LogP contribution is -2.05. The normalized spacial score (nSPS) is 10.9. The molecule has 2 aromatic carbocycles. The second-order valence-electron chi connectivity index (χ2n) is 5.05. The number of hydrogen-bond donors (Lipinski definition) is 3. The maximum atomic E-state index is 5.41. The second-order valence-corrected chi connectivity index (χ2v) is 5.05. The maximum Gasteiger partial charge on any atom is 0.107 e. The van der Waals surface area contributed by atoms with Crippen molar-refractivity contribution in [1.29, 1.82) is 0 Å². The van der Waals surface area contributed by atoms with E-state index in [1.807, 2.05) is 18.2 Å². The lowest BCUT2D eigenvalue weighted by atomic mass is 10.1. The molecule has 0 atom stereocenters. The van der Waals surface area contributed by atoms with Gasteiger partial charge in [0.25, 0.3) is 0 Å². The van der Waals surface area contributed by atoms with Crippen LogP contribution >= 0.6 is 0 Å².